The van der Waals surface area contributed by atoms with Crippen LogP contribution < -0.4 is 11.5 Å². The molecule has 0 amide bonds. The summed E-state index contributed by atoms with van der Waals surface area (Å²) in [6.45, 7) is 1.90. The molecule has 4 nitrogen and oxygen atoms in total. The van der Waals surface area contributed by atoms with Gasteiger partial charge in [-0.05, 0) is 6.42 Å². The number of hydrogen-bond donors (Lipinski definition) is 4. The highest BCUT2D eigenvalue weighted by molar-refractivity contribution is 6.44. The molecular weight excluding hydrogens is 128 g/mol. The Morgan fingerprint density at radius 3 is 2.20 bits per heavy atom. The first-order chi connectivity index (χ1) is 4.59. The summed E-state index contributed by atoms with van der Waals surface area (Å²) in [5, 5.41) is 14.0. The van der Waals surface area contributed by atoms with E-state index in [1.165, 1.54) is 0 Å². The summed E-state index contributed by atoms with van der Waals surface area (Å²) in [5.74, 6) is -0.290. The third-order valence-electron chi connectivity index (χ3n) is 0.982. The molecule has 0 saturated carbocycles. The smallest absolute Gasteiger partial charge is 0.143 e. The van der Waals surface area contributed by atoms with Gasteiger partial charge in [-0.15, -0.1) is 0 Å². The van der Waals surface area contributed by atoms with Crippen molar-refractivity contribution in [3.05, 3.63) is 11.8 Å². The fourth-order valence-electron chi connectivity index (χ4n) is 0.477. The van der Waals surface area contributed by atoms with Gasteiger partial charge < -0.3 is 11.5 Å². The van der Waals surface area contributed by atoms with Crippen molar-refractivity contribution in [2.24, 2.45) is 11.5 Å². The van der Waals surface area contributed by atoms with Crippen molar-refractivity contribution >= 4 is 11.5 Å². The lowest BCUT2D eigenvalue weighted by Crippen LogP contribution is -2.26. The van der Waals surface area contributed by atoms with Gasteiger partial charge in [0.25, 0.3) is 0 Å². The first kappa shape index (κ1) is 8.68. The Kier molecular flexibility index (Phi) is 3.17. The van der Waals surface area contributed by atoms with Crippen LogP contribution in [0.1, 0.15) is 13.3 Å². The predicted octanol–water partition coefficient (Wildman–Crippen LogP) is 0.195. The van der Waals surface area contributed by atoms with Crippen LogP contribution in [0, 0.1) is 10.8 Å². The molecule has 0 rings (SSSR count). The molecular formula is C6H12N4. The van der Waals surface area contributed by atoms with Gasteiger partial charge in [0.05, 0.1) is 5.70 Å². The maximum Gasteiger partial charge on any atom is 0.143 e. The van der Waals surface area contributed by atoms with Gasteiger partial charge >= 0.3 is 0 Å². The molecule has 0 saturated heterocycles. The van der Waals surface area contributed by atoms with Crippen molar-refractivity contribution in [1.82, 2.24) is 0 Å². The summed E-state index contributed by atoms with van der Waals surface area (Å²) in [7, 11) is 0. The average Bonchev–Trinajstić information content (AvgIpc) is 1.87. The molecule has 0 aromatic rings. The topological polar surface area (TPSA) is 99.7 Å². The molecule has 10 heavy (non-hydrogen) atoms. The molecule has 0 fully saturated rings. The zero-order chi connectivity index (χ0) is 8.15. The molecule has 0 heterocycles. The molecule has 0 aromatic carbocycles. The Morgan fingerprint density at radius 1 is 1.40 bits per heavy atom. The van der Waals surface area contributed by atoms with Crippen LogP contribution in [-0.4, -0.2) is 11.5 Å². The van der Waals surface area contributed by atoms with Crippen LogP contribution in [0.2, 0.25) is 0 Å². The van der Waals surface area contributed by atoms with Crippen LogP contribution in [-0.2, 0) is 0 Å². The van der Waals surface area contributed by atoms with Gasteiger partial charge in [-0.25, -0.2) is 0 Å². The van der Waals surface area contributed by atoms with E-state index < -0.39 is 0 Å². The minimum Gasteiger partial charge on any atom is -0.397 e. The minimum absolute atomic E-state index is 0.0955. The van der Waals surface area contributed by atoms with Crippen molar-refractivity contribution in [3.8, 4) is 0 Å². The van der Waals surface area contributed by atoms with Crippen molar-refractivity contribution in [1.29, 1.82) is 10.8 Å². The van der Waals surface area contributed by atoms with Gasteiger partial charge in [0.1, 0.15) is 11.5 Å². The number of hydrogen-bond acceptors (Lipinski definition) is 3. The fourth-order valence-corrected chi connectivity index (χ4v) is 0.477. The average molecular weight is 140 g/mol. The van der Waals surface area contributed by atoms with Crippen molar-refractivity contribution in [3.63, 3.8) is 0 Å². The van der Waals surface area contributed by atoms with Crippen molar-refractivity contribution < 1.29 is 0 Å². The third-order valence-corrected chi connectivity index (χ3v) is 0.982. The van der Waals surface area contributed by atoms with E-state index in [9.17, 15) is 0 Å². The van der Waals surface area contributed by atoms with Gasteiger partial charge in [-0.2, -0.15) is 0 Å². The fraction of sp³-hybridized carbons (Fsp3) is 0.333. The Hall–Kier alpha value is -1.32. The molecule has 0 aromatic heterocycles. The molecule has 56 valence electrons. The summed E-state index contributed by atoms with van der Waals surface area (Å²) in [5.41, 5.74) is 10.5. The molecule has 4 heteroatoms. The second-order valence-electron chi connectivity index (χ2n) is 1.86. The van der Waals surface area contributed by atoms with E-state index in [4.69, 9.17) is 22.3 Å². The van der Waals surface area contributed by atoms with E-state index in [2.05, 4.69) is 0 Å². The van der Waals surface area contributed by atoms with Gasteiger partial charge in [0, 0.05) is 0 Å². The quantitative estimate of drug-likeness (QED) is 0.332. The van der Waals surface area contributed by atoms with Crippen LogP contribution in [0.4, 0.5) is 0 Å². The molecule has 0 radical (unpaired) electrons. The van der Waals surface area contributed by atoms with E-state index in [-0.39, 0.29) is 17.2 Å². The highest BCUT2D eigenvalue weighted by Crippen LogP contribution is 1.89. The van der Waals surface area contributed by atoms with Gasteiger partial charge in [-0.3, -0.25) is 10.8 Å². The summed E-state index contributed by atoms with van der Waals surface area (Å²) in [6, 6.07) is 0. The predicted molar refractivity (Wildman–Crippen MR) is 42.2 cm³/mol. The number of allylic oxidation sites excluding steroid dienone is 1. The standard InChI is InChI=1S/C6H12N4/c1-2-3-4(7)5(8)6(9)10/h3,8H,2,7H2,1H3,(H3,9,10)/b4-3+,8-5?. The Morgan fingerprint density at radius 2 is 1.90 bits per heavy atom. The van der Waals surface area contributed by atoms with Crippen LogP contribution in [0.3, 0.4) is 0 Å². The van der Waals surface area contributed by atoms with E-state index in [0.29, 0.717) is 0 Å². The lowest BCUT2D eigenvalue weighted by atomic mass is 10.2. The number of nitrogens with two attached hydrogens (primary N) is 2. The molecule has 0 aliphatic rings. The molecule has 0 aliphatic heterocycles. The van der Waals surface area contributed by atoms with E-state index in [0.717, 1.165) is 6.42 Å². The largest absolute Gasteiger partial charge is 0.397 e. The summed E-state index contributed by atoms with van der Waals surface area (Å²) in [6.07, 6.45) is 2.41. The molecule has 0 spiro atoms. The normalized spacial score (nSPS) is 11.1. The van der Waals surface area contributed by atoms with Gasteiger partial charge in [-0.1, -0.05) is 13.0 Å². The molecule has 0 atom stereocenters. The van der Waals surface area contributed by atoms with Crippen LogP contribution in [0.15, 0.2) is 11.8 Å². The van der Waals surface area contributed by atoms with Crippen LogP contribution in [0.25, 0.3) is 0 Å². The maximum atomic E-state index is 7.11. The van der Waals surface area contributed by atoms with E-state index in [1.54, 1.807) is 6.08 Å². The van der Waals surface area contributed by atoms with Gasteiger partial charge in [0.2, 0.25) is 0 Å². The van der Waals surface area contributed by atoms with Crippen LogP contribution >= 0.6 is 0 Å². The maximum absolute atomic E-state index is 7.11. The van der Waals surface area contributed by atoms with E-state index in [1.807, 2.05) is 6.92 Å². The molecule has 6 N–H and O–H groups in total. The summed E-state index contributed by atoms with van der Waals surface area (Å²) >= 11 is 0. The second kappa shape index (κ2) is 3.66. The first-order valence-electron chi connectivity index (χ1n) is 2.98. The monoisotopic (exact) mass is 140 g/mol. The third kappa shape index (κ3) is 2.30. The van der Waals surface area contributed by atoms with E-state index >= 15 is 0 Å². The number of amidine groups is 1. The minimum atomic E-state index is -0.290. The molecule has 0 aliphatic carbocycles. The number of nitrogens with one attached hydrogen (secondary N) is 2. The summed E-state index contributed by atoms with van der Waals surface area (Å²) < 4.78 is 0. The van der Waals surface area contributed by atoms with Crippen molar-refractivity contribution in [2.75, 3.05) is 0 Å². The highest BCUT2D eigenvalue weighted by Gasteiger charge is 2.01. The number of rotatable bonds is 3. The lowest BCUT2D eigenvalue weighted by Gasteiger charge is -1.99. The Balaban J connectivity index is 4.22. The Bertz CT molecular complexity index is 180. The SMILES string of the molecule is CC/C=C(/N)C(=N)C(=N)N. The van der Waals surface area contributed by atoms with Crippen LogP contribution in [0.5, 0.6) is 0 Å². The first-order valence-corrected chi connectivity index (χ1v) is 2.98. The van der Waals surface area contributed by atoms with Gasteiger partial charge in [0.15, 0.2) is 0 Å². The summed E-state index contributed by atoms with van der Waals surface area (Å²) in [4.78, 5) is 0. The highest BCUT2D eigenvalue weighted by atomic mass is 14.8. The molecule has 0 unspecified atom stereocenters. The lowest BCUT2D eigenvalue weighted by molar-refractivity contribution is 1.19. The van der Waals surface area contributed by atoms with Crippen molar-refractivity contribution in [2.45, 2.75) is 13.3 Å². The second-order valence-corrected chi connectivity index (χ2v) is 1.86. The molecule has 0 bridgehead atoms. The zero-order valence-electron chi connectivity index (χ0n) is 5.94. The Labute approximate surface area is 59.9 Å². The zero-order valence-corrected chi connectivity index (χ0v) is 5.94.